The van der Waals surface area contributed by atoms with E-state index in [1.165, 1.54) is 89.9 Å². The first kappa shape index (κ1) is 57.1. The zero-order chi connectivity index (χ0) is 43.5. The Morgan fingerprint density at radius 3 is 1.27 bits per heavy atom. The number of ether oxygens (including phenoxy) is 3. The summed E-state index contributed by atoms with van der Waals surface area (Å²) in [5.74, 6) is -0.437. The standard InChI is InChI=1S/C55H94O5/c1-4-7-10-13-16-19-22-25-26-27-28-29-32-35-38-41-44-47-50-58-51-53(60-55(57)49-46-43-40-37-34-31-24-21-18-15-12-9-6-3)52-59-54(56)48-45-42-39-36-33-30-23-20-17-14-11-8-5-2/h7,10-11,14,16,19-20,23,25-26,28-29,35,38,53H,4-6,8-9,12-13,15,17-18,21-22,24,27,30-34,36-37,39-52H2,1-3H3/b10-7-,14-11-,19-16-,23-20-,26-25-,29-28-,38-35-. The number of allylic oxidation sites excluding steroid dienone is 14. The maximum absolute atomic E-state index is 12.8. The second-order valence-electron chi connectivity index (χ2n) is 16.3. The molecule has 0 saturated heterocycles. The van der Waals surface area contributed by atoms with E-state index in [-0.39, 0.29) is 25.2 Å². The molecule has 0 spiro atoms. The third-order valence-corrected chi connectivity index (χ3v) is 10.4. The molecule has 60 heavy (non-hydrogen) atoms. The van der Waals surface area contributed by atoms with E-state index < -0.39 is 6.10 Å². The van der Waals surface area contributed by atoms with Crippen LogP contribution in [-0.2, 0) is 23.8 Å². The maximum atomic E-state index is 12.8. The Labute approximate surface area is 371 Å². The van der Waals surface area contributed by atoms with Crippen LogP contribution in [0.2, 0.25) is 0 Å². The summed E-state index contributed by atoms with van der Waals surface area (Å²) in [5, 5.41) is 0. The monoisotopic (exact) mass is 835 g/mol. The molecule has 0 amide bonds. The summed E-state index contributed by atoms with van der Waals surface area (Å²) in [7, 11) is 0. The molecule has 5 heteroatoms. The highest BCUT2D eigenvalue weighted by Gasteiger charge is 2.17. The largest absolute Gasteiger partial charge is 0.462 e. The van der Waals surface area contributed by atoms with Crippen molar-refractivity contribution >= 4 is 11.9 Å². The van der Waals surface area contributed by atoms with Crippen molar-refractivity contribution in [3.05, 3.63) is 85.1 Å². The second kappa shape index (κ2) is 50.4. The molecule has 0 aliphatic carbocycles. The van der Waals surface area contributed by atoms with Crippen molar-refractivity contribution in [1.29, 1.82) is 0 Å². The molecule has 0 rings (SSSR count). The van der Waals surface area contributed by atoms with Gasteiger partial charge in [0.25, 0.3) is 0 Å². The Balaban J connectivity index is 4.37. The molecule has 0 heterocycles. The summed E-state index contributed by atoms with van der Waals surface area (Å²) in [5.41, 5.74) is 0. The molecule has 344 valence electrons. The molecule has 0 radical (unpaired) electrons. The van der Waals surface area contributed by atoms with Crippen molar-refractivity contribution in [2.75, 3.05) is 19.8 Å². The van der Waals surface area contributed by atoms with E-state index in [0.717, 1.165) is 103 Å². The molecule has 0 aromatic heterocycles. The van der Waals surface area contributed by atoms with Crippen molar-refractivity contribution in [1.82, 2.24) is 0 Å². The summed E-state index contributed by atoms with van der Waals surface area (Å²) in [6, 6.07) is 0. The molecule has 0 aliphatic rings. The number of carbonyl (C=O) groups excluding carboxylic acids is 2. The maximum Gasteiger partial charge on any atom is 0.306 e. The number of hydrogen-bond acceptors (Lipinski definition) is 5. The van der Waals surface area contributed by atoms with Crippen LogP contribution in [0.5, 0.6) is 0 Å². The lowest BCUT2D eigenvalue weighted by molar-refractivity contribution is -0.163. The Morgan fingerprint density at radius 1 is 0.383 bits per heavy atom. The van der Waals surface area contributed by atoms with E-state index in [1.54, 1.807) is 0 Å². The molecule has 1 atom stereocenters. The van der Waals surface area contributed by atoms with Crippen LogP contribution in [0.15, 0.2) is 85.1 Å². The molecular weight excluding hydrogens is 741 g/mol. The lowest BCUT2D eigenvalue weighted by Gasteiger charge is -2.18. The van der Waals surface area contributed by atoms with Crippen LogP contribution in [0.25, 0.3) is 0 Å². The van der Waals surface area contributed by atoms with Crippen LogP contribution in [0.4, 0.5) is 0 Å². The first-order valence-corrected chi connectivity index (χ1v) is 25.1. The second-order valence-corrected chi connectivity index (χ2v) is 16.3. The van der Waals surface area contributed by atoms with Crippen molar-refractivity contribution in [2.45, 2.75) is 232 Å². The smallest absolute Gasteiger partial charge is 0.306 e. The Kier molecular flexibility index (Phi) is 48.0. The van der Waals surface area contributed by atoms with Crippen LogP contribution >= 0.6 is 0 Å². The predicted octanol–water partition coefficient (Wildman–Crippen LogP) is 16.9. The van der Waals surface area contributed by atoms with E-state index in [9.17, 15) is 9.59 Å². The van der Waals surface area contributed by atoms with Crippen molar-refractivity contribution < 1.29 is 23.8 Å². The predicted molar refractivity (Wildman–Crippen MR) is 260 cm³/mol. The average molecular weight is 835 g/mol. The van der Waals surface area contributed by atoms with E-state index in [1.807, 2.05) is 0 Å². The van der Waals surface area contributed by atoms with Gasteiger partial charge in [0, 0.05) is 19.4 Å². The summed E-state index contributed by atoms with van der Waals surface area (Å²) in [6.45, 7) is 7.54. The van der Waals surface area contributed by atoms with Gasteiger partial charge in [-0.05, 0) is 89.9 Å². The van der Waals surface area contributed by atoms with Crippen molar-refractivity contribution in [3.63, 3.8) is 0 Å². The first-order valence-electron chi connectivity index (χ1n) is 25.1. The lowest BCUT2D eigenvalue weighted by atomic mass is 10.0. The van der Waals surface area contributed by atoms with Gasteiger partial charge in [0.05, 0.1) is 6.61 Å². The van der Waals surface area contributed by atoms with Gasteiger partial charge >= 0.3 is 11.9 Å². The summed E-state index contributed by atoms with van der Waals surface area (Å²) < 4.78 is 17.3. The van der Waals surface area contributed by atoms with Crippen molar-refractivity contribution in [3.8, 4) is 0 Å². The van der Waals surface area contributed by atoms with Crippen LogP contribution in [-0.4, -0.2) is 37.9 Å². The van der Waals surface area contributed by atoms with Crippen LogP contribution in [0, 0.1) is 0 Å². The third kappa shape index (κ3) is 47.8. The molecule has 0 bridgehead atoms. The summed E-state index contributed by atoms with van der Waals surface area (Å²) in [4.78, 5) is 25.3. The van der Waals surface area contributed by atoms with Gasteiger partial charge in [-0.2, -0.15) is 0 Å². The number of hydrogen-bond donors (Lipinski definition) is 0. The van der Waals surface area contributed by atoms with Gasteiger partial charge in [0.1, 0.15) is 6.61 Å². The highest BCUT2D eigenvalue weighted by molar-refractivity contribution is 5.70. The van der Waals surface area contributed by atoms with Crippen LogP contribution < -0.4 is 0 Å². The molecule has 0 saturated carbocycles. The van der Waals surface area contributed by atoms with Gasteiger partial charge in [-0.1, -0.05) is 209 Å². The van der Waals surface area contributed by atoms with Gasteiger partial charge < -0.3 is 14.2 Å². The van der Waals surface area contributed by atoms with E-state index in [0.29, 0.717) is 19.4 Å². The molecule has 5 nitrogen and oxygen atoms in total. The normalized spacial score (nSPS) is 12.9. The fourth-order valence-corrected chi connectivity index (χ4v) is 6.69. The topological polar surface area (TPSA) is 61.8 Å². The van der Waals surface area contributed by atoms with Gasteiger partial charge in [0.2, 0.25) is 0 Å². The van der Waals surface area contributed by atoms with Gasteiger partial charge in [-0.3, -0.25) is 9.59 Å². The first-order chi connectivity index (χ1) is 29.6. The average Bonchev–Trinajstić information content (AvgIpc) is 3.25. The third-order valence-electron chi connectivity index (χ3n) is 10.4. The SMILES string of the molecule is CC/C=C\C/C=C\C/C=C\C/C=C\C/C=C\CCCCOCC(COC(=O)CCCCCCC/C=C\C/C=C\CCC)OC(=O)CCCCCCCCCCCCCCC. The molecular formula is C55H94O5. The fraction of sp³-hybridized carbons (Fsp3) is 0.709. The van der Waals surface area contributed by atoms with E-state index in [2.05, 4.69) is 106 Å². The van der Waals surface area contributed by atoms with Gasteiger partial charge in [0.15, 0.2) is 6.10 Å². The highest BCUT2D eigenvalue weighted by Crippen LogP contribution is 2.14. The number of carbonyl (C=O) groups is 2. The summed E-state index contributed by atoms with van der Waals surface area (Å²) >= 11 is 0. The fourth-order valence-electron chi connectivity index (χ4n) is 6.69. The van der Waals surface area contributed by atoms with Crippen LogP contribution in [0.1, 0.15) is 226 Å². The Morgan fingerprint density at radius 2 is 0.783 bits per heavy atom. The van der Waals surface area contributed by atoms with Crippen molar-refractivity contribution in [2.24, 2.45) is 0 Å². The zero-order valence-corrected chi connectivity index (χ0v) is 39.5. The quantitative estimate of drug-likeness (QED) is 0.0347. The summed E-state index contributed by atoms with van der Waals surface area (Å²) in [6.07, 6.45) is 65.9. The number of esters is 2. The zero-order valence-electron chi connectivity index (χ0n) is 39.5. The number of unbranched alkanes of at least 4 members (excludes halogenated alkanes) is 20. The van der Waals surface area contributed by atoms with Gasteiger partial charge in [-0.15, -0.1) is 0 Å². The molecule has 0 aromatic carbocycles. The molecule has 1 unspecified atom stereocenters. The van der Waals surface area contributed by atoms with E-state index in [4.69, 9.17) is 14.2 Å². The van der Waals surface area contributed by atoms with E-state index >= 15 is 0 Å². The Bertz CT molecular complexity index is 1130. The highest BCUT2D eigenvalue weighted by atomic mass is 16.6. The minimum absolute atomic E-state index is 0.0587. The lowest BCUT2D eigenvalue weighted by Crippen LogP contribution is -2.30. The molecule has 0 N–H and O–H groups in total. The minimum Gasteiger partial charge on any atom is -0.462 e. The van der Waals surface area contributed by atoms with Gasteiger partial charge in [-0.25, -0.2) is 0 Å². The Hall–Kier alpha value is -2.92. The number of rotatable bonds is 45. The molecule has 0 aromatic rings. The van der Waals surface area contributed by atoms with Crippen LogP contribution in [0.3, 0.4) is 0 Å². The molecule has 0 fully saturated rings. The molecule has 0 aliphatic heterocycles. The minimum atomic E-state index is -0.565.